The van der Waals surface area contributed by atoms with Crippen molar-refractivity contribution in [2.75, 3.05) is 0 Å². The third-order valence-electron chi connectivity index (χ3n) is 2.04. The van der Waals surface area contributed by atoms with E-state index in [1.165, 1.54) is 4.70 Å². The van der Waals surface area contributed by atoms with Gasteiger partial charge in [0.2, 0.25) is 0 Å². The molecule has 0 amide bonds. The normalized spacial score (nSPS) is 10.8. The Kier molecular flexibility index (Phi) is 1.85. The first kappa shape index (κ1) is 7.74. The quantitative estimate of drug-likeness (QED) is 0.629. The van der Waals surface area contributed by atoms with Crippen LogP contribution in [0.25, 0.3) is 10.1 Å². The van der Waals surface area contributed by atoms with Gasteiger partial charge in [0, 0.05) is 4.70 Å². The molecule has 12 heavy (non-hydrogen) atoms. The fourth-order valence-electron chi connectivity index (χ4n) is 1.44. The Labute approximate surface area is 74.6 Å². The standard InChI is InChI=1S/C10H9FS/c1-2-7-8-5-6-12-10(8)4-3-9(7)11/h3-6H,2H2,1H3. The summed E-state index contributed by atoms with van der Waals surface area (Å²) in [6, 6.07) is 5.38. The van der Waals surface area contributed by atoms with Crippen LogP contribution in [-0.2, 0) is 6.42 Å². The Balaban J connectivity index is 2.83. The van der Waals surface area contributed by atoms with Gasteiger partial charge >= 0.3 is 0 Å². The van der Waals surface area contributed by atoms with Crippen LogP contribution in [0.15, 0.2) is 23.6 Å². The van der Waals surface area contributed by atoms with E-state index in [-0.39, 0.29) is 5.82 Å². The molecule has 62 valence electrons. The summed E-state index contributed by atoms with van der Waals surface area (Å²) in [5, 5.41) is 3.08. The van der Waals surface area contributed by atoms with Gasteiger partial charge in [-0.25, -0.2) is 4.39 Å². The molecule has 0 spiro atoms. The van der Waals surface area contributed by atoms with Crippen molar-refractivity contribution in [2.45, 2.75) is 13.3 Å². The number of hydrogen-bond donors (Lipinski definition) is 0. The number of halogens is 1. The summed E-state index contributed by atoms with van der Waals surface area (Å²) in [5.41, 5.74) is 0.841. The van der Waals surface area contributed by atoms with Crippen LogP contribution in [0.3, 0.4) is 0 Å². The maximum Gasteiger partial charge on any atom is 0.127 e. The van der Waals surface area contributed by atoms with E-state index in [1.807, 2.05) is 24.4 Å². The summed E-state index contributed by atoms with van der Waals surface area (Å²) in [6.45, 7) is 1.98. The van der Waals surface area contributed by atoms with Crippen molar-refractivity contribution in [3.05, 3.63) is 35.0 Å². The molecule has 0 unspecified atom stereocenters. The minimum atomic E-state index is -0.0802. The molecular formula is C10H9FS. The highest BCUT2D eigenvalue weighted by Gasteiger charge is 2.05. The smallest absolute Gasteiger partial charge is 0.127 e. The van der Waals surface area contributed by atoms with Crippen LogP contribution in [0.5, 0.6) is 0 Å². The second kappa shape index (κ2) is 2.87. The van der Waals surface area contributed by atoms with Crippen LogP contribution < -0.4 is 0 Å². The van der Waals surface area contributed by atoms with E-state index in [0.29, 0.717) is 0 Å². The summed E-state index contributed by atoms with van der Waals surface area (Å²) in [5.74, 6) is -0.0802. The second-order valence-corrected chi connectivity index (χ2v) is 3.66. The van der Waals surface area contributed by atoms with Crippen molar-refractivity contribution < 1.29 is 4.39 Å². The summed E-state index contributed by atoms with van der Waals surface area (Å²) < 4.78 is 14.4. The van der Waals surface area contributed by atoms with E-state index in [0.717, 1.165) is 17.4 Å². The lowest BCUT2D eigenvalue weighted by Gasteiger charge is -2.00. The van der Waals surface area contributed by atoms with Crippen LogP contribution in [-0.4, -0.2) is 0 Å². The largest absolute Gasteiger partial charge is 0.207 e. The molecule has 0 bridgehead atoms. The molecule has 0 N–H and O–H groups in total. The van der Waals surface area contributed by atoms with Crippen molar-refractivity contribution in [3.63, 3.8) is 0 Å². The minimum absolute atomic E-state index is 0.0802. The first-order chi connectivity index (χ1) is 5.83. The molecule has 2 rings (SSSR count). The molecule has 0 radical (unpaired) electrons. The lowest BCUT2D eigenvalue weighted by atomic mass is 10.1. The van der Waals surface area contributed by atoms with Gasteiger partial charge in [-0.2, -0.15) is 0 Å². The van der Waals surface area contributed by atoms with E-state index in [2.05, 4.69) is 0 Å². The average molecular weight is 180 g/mol. The lowest BCUT2D eigenvalue weighted by Crippen LogP contribution is -1.86. The fraction of sp³-hybridized carbons (Fsp3) is 0.200. The van der Waals surface area contributed by atoms with Gasteiger partial charge in [-0.05, 0) is 40.9 Å². The Hall–Kier alpha value is -0.890. The average Bonchev–Trinajstić information content (AvgIpc) is 2.52. The molecule has 0 atom stereocenters. The Morgan fingerprint density at radius 2 is 2.17 bits per heavy atom. The topological polar surface area (TPSA) is 0 Å². The van der Waals surface area contributed by atoms with E-state index >= 15 is 0 Å². The molecule has 0 fully saturated rings. The molecule has 0 aliphatic rings. The summed E-state index contributed by atoms with van der Waals surface area (Å²) >= 11 is 1.66. The zero-order valence-corrected chi connectivity index (χ0v) is 7.62. The molecule has 1 aromatic carbocycles. The van der Waals surface area contributed by atoms with Crippen LogP contribution >= 0.6 is 11.3 Å². The third-order valence-corrected chi connectivity index (χ3v) is 2.93. The summed E-state index contributed by atoms with van der Waals surface area (Å²) in [4.78, 5) is 0. The van der Waals surface area contributed by atoms with E-state index in [1.54, 1.807) is 17.4 Å². The maximum absolute atomic E-state index is 13.2. The third kappa shape index (κ3) is 1.03. The van der Waals surface area contributed by atoms with Crippen LogP contribution in [0.2, 0.25) is 0 Å². The fourth-order valence-corrected chi connectivity index (χ4v) is 2.25. The van der Waals surface area contributed by atoms with Crippen LogP contribution in [0, 0.1) is 5.82 Å². The molecule has 0 saturated carbocycles. The first-order valence-corrected chi connectivity index (χ1v) is 4.85. The first-order valence-electron chi connectivity index (χ1n) is 3.97. The predicted molar refractivity (Wildman–Crippen MR) is 51.2 cm³/mol. The van der Waals surface area contributed by atoms with Gasteiger partial charge in [0.05, 0.1) is 0 Å². The zero-order valence-electron chi connectivity index (χ0n) is 6.80. The van der Waals surface area contributed by atoms with E-state index < -0.39 is 0 Å². The number of fused-ring (bicyclic) bond motifs is 1. The van der Waals surface area contributed by atoms with Gasteiger partial charge in [-0.1, -0.05) is 6.92 Å². The highest BCUT2D eigenvalue weighted by Crippen LogP contribution is 2.26. The Morgan fingerprint density at radius 1 is 1.33 bits per heavy atom. The molecule has 0 nitrogen and oxygen atoms in total. The number of thiophene rings is 1. The molecule has 2 heteroatoms. The van der Waals surface area contributed by atoms with Crippen molar-refractivity contribution in [1.29, 1.82) is 0 Å². The van der Waals surface area contributed by atoms with Crippen molar-refractivity contribution in [3.8, 4) is 0 Å². The van der Waals surface area contributed by atoms with E-state index in [9.17, 15) is 4.39 Å². The van der Waals surface area contributed by atoms with Gasteiger partial charge in [0.15, 0.2) is 0 Å². The molecule has 1 heterocycles. The van der Waals surface area contributed by atoms with E-state index in [4.69, 9.17) is 0 Å². The molecule has 0 saturated heterocycles. The molecule has 0 aliphatic heterocycles. The van der Waals surface area contributed by atoms with Crippen LogP contribution in [0.4, 0.5) is 4.39 Å². The highest BCUT2D eigenvalue weighted by molar-refractivity contribution is 7.17. The second-order valence-electron chi connectivity index (χ2n) is 2.71. The van der Waals surface area contributed by atoms with Crippen molar-refractivity contribution in [1.82, 2.24) is 0 Å². The van der Waals surface area contributed by atoms with Gasteiger partial charge in [-0.15, -0.1) is 11.3 Å². The molecule has 0 aliphatic carbocycles. The predicted octanol–water partition coefficient (Wildman–Crippen LogP) is 3.60. The van der Waals surface area contributed by atoms with Gasteiger partial charge in [-0.3, -0.25) is 0 Å². The number of aryl methyl sites for hydroxylation is 1. The number of hydrogen-bond acceptors (Lipinski definition) is 1. The molecular weight excluding hydrogens is 171 g/mol. The number of benzene rings is 1. The SMILES string of the molecule is CCc1c(F)ccc2sccc12. The summed E-state index contributed by atoms with van der Waals surface area (Å²) in [6.07, 6.45) is 0.764. The maximum atomic E-state index is 13.2. The molecule has 1 aromatic heterocycles. The van der Waals surface area contributed by atoms with Gasteiger partial charge in [0.1, 0.15) is 5.82 Å². The van der Waals surface area contributed by atoms with Gasteiger partial charge in [0.25, 0.3) is 0 Å². The van der Waals surface area contributed by atoms with Crippen LogP contribution in [0.1, 0.15) is 12.5 Å². The minimum Gasteiger partial charge on any atom is -0.207 e. The Morgan fingerprint density at radius 3 is 2.92 bits per heavy atom. The Bertz CT molecular complexity index is 403. The highest BCUT2D eigenvalue weighted by atomic mass is 32.1. The summed E-state index contributed by atoms with van der Waals surface area (Å²) in [7, 11) is 0. The monoisotopic (exact) mass is 180 g/mol. The number of rotatable bonds is 1. The zero-order chi connectivity index (χ0) is 8.55. The van der Waals surface area contributed by atoms with Crippen molar-refractivity contribution in [2.24, 2.45) is 0 Å². The lowest BCUT2D eigenvalue weighted by molar-refractivity contribution is 0.615. The van der Waals surface area contributed by atoms with Crippen molar-refractivity contribution >= 4 is 21.4 Å². The molecule has 2 aromatic rings. The van der Waals surface area contributed by atoms with Gasteiger partial charge < -0.3 is 0 Å².